The summed E-state index contributed by atoms with van der Waals surface area (Å²) in [5, 5.41) is 12.9. The van der Waals surface area contributed by atoms with Crippen LogP contribution in [0.15, 0.2) is 48.1 Å². The Morgan fingerprint density at radius 3 is 2.85 bits per heavy atom. The quantitative estimate of drug-likeness (QED) is 0.381. The minimum atomic E-state index is -1.03. The van der Waals surface area contributed by atoms with Crippen LogP contribution in [0, 0.1) is 5.92 Å². The molecule has 0 radical (unpaired) electrons. The number of hydrogen-bond donors (Lipinski definition) is 2. The van der Waals surface area contributed by atoms with Gasteiger partial charge in [0, 0.05) is 12.5 Å². The Labute approximate surface area is 163 Å². The van der Waals surface area contributed by atoms with Crippen LogP contribution < -0.4 is 10.1 Å². The van der Waals surface area contributed by atoms with Crippen molar-refractivity contribution in [1.82, 2.24) is 5.32 Å². The Kier molecular flexibility index (Phi) is 8.59. The third kappa shape index (κ3) is 7.22. The first kappa shape index (κ1) is 21.2. The van der Waals surface area contributed by atoms with Crippen LogP contribution in [0.4, 0.5) is 0 Å². The lowest BCUT2D eigenvalue weighted by Crippen LogP contribution is -2.49. The fourth-order valence-corrected chi connectivity index (χ4v) is 3.38. The van der Waals surface area contributed by atoms with Crippen LogP contribution in [0.5, 0.6) is 5.75 Å². The van der Waals surface area contributed by atoms with E-state index in [-0.39, 0.29) is 5.91 Å². The van der Waals surface area contributed by atoms with E-state index in [1.54, 1.807) is 0 Å². The van der Waals surface area contributed by atoms with Crippen molar-refractivity contribution < 1.29 is 14.6 Å². The number of carbonyl (C=O) groups is 1. The van der Waals surface area contributed by atoms with Crippen molar-refractivity contribution in [2.75, 3.05) is 0 Å². The minimum Gasteiger partial charge on any atom is -0.463 e. The molecule has 0 fully saturated rings. The summed E-state index contributed by atoms with van der Waals surface area (Å²) in [4.78, 5) is 12.2. The SMILES string of the molecule is CCCCCCC(C)C=C(C)C=CC(=O)NC1Cc2ccccc2OC1O. The summed E-state index contributed by atoms with van der Waals surface area (Å²) in [5.74, 6) is 0.975. The Hall–Kier alpha value is -2.07. The van der Waals surface area contributed by atoms with Gasteiger partial charge in [-0.2, -0.15) is 0 Å². The van der Waals surface area contributed by atoms with E-state index >= 15 is 0 Å². The summed E-state index contributed by atoms with van der Waals surface area (Å²) in [5.41, 5.74) is 2.07. The first-order valence-electron chi connectivity index (χ1n) is 10.1. The normalized spacial score (nSPS) is 20.8. The molecule has 0 bridgehead atoms. The fourth-order valence-electron chi connectivity index (χ4n) is 3.38. The van der Waals surface area contributed by atoms with Gasteiger partial charge in [-0.15, -0.1) is 0 Å². The maximum Gasteiger partial charge on any atom is 0.244 e. The van der Waals surface area contributed by atoms with E-state index in [0.29, 0.717) is 18.1 Å². The summed E-state index contributed by atoms with van der Waals surface area (Å²) >= 11 is 0. The lowest BCUT2D eigenvalue weighted by molar-refractivity contribution is -0.121. The zero-order chi connectivity index (χ0) is 19.6. The van der Waals surface area contributed by atoms with E-state index in [4.69, 9.17) is 4.74 Å². The van der Waals surface area contributed by atoms with Crippen molar-refractivity contribution in [2.45, 2.75) is 71.6 Å². The molecule has 4 nitrogen and oxygen atoms in total. The molecule has 2 rings (SSSR count). The Bertz CT molecular complexity index is 665. The number of ether oxygens (including phenoxy) is 1. The Morgan fingerprint density at radius 2 is 2.07 bits per heavy atom. The number of benzene rings is 1. The van der Waals surface area contributed by atoms with Crippen LogP contribution in [0.1, 0.15) is 58.4 Å². The number of para-hydroxylation sites is 1. The lowest BCUT2D eigenvalue weighted by atomic mass is 10.00. The second-order valence-corrected chi connectivity index (χ2v) is 7.51. The van der Waals surface area contributed by atoms with Crippen LogP contribution in [0.3, 0.4) is 0 Å². The summed E-state index contributed by atoms with van der Waals surface area (Å²) in [7, 11) is 0. The van der Waals surface area contributed by atoms with Gasteiger partial charge in [0.25, 0.3) is 0 Å². The highest BCUT2D eigenvalue weighted by Crippen LogP contribution is 2.26. The van der Waals surface area contributed by atoms with Crippen LogP contribution >= 0.6 is 0 Å². The zero-order valence-electron chi connectivity index (χ0n) is 16.8. The second-order valence-electron chi connectivity index (χ2n) is 7.51. The minimum absolute atomic E-state index is 0.217. The standard InChI is InChI=1S/C23H33NO3/c1-4-5-6-7-10-17(2)15-18(3)13-14-22(25)24-20-16-19-11-8-9-12-21(19)27-23(20)26/h8-9,11-15,17,20,23,26H,4-7,10,16H2,1-3H3,(H,24,25). The number of aliphatic hydroxyl groups excluding tert-OH is 1. The van der Waals surface area contributed by atoms with Gasteiger partial charge >= 0.3 is 0 Å². The van der Waals surface area contributed by atoms with Crippen LogP contribution in [0.2, 0.25) is 0 Å². The third-order valence-corrected chi connectivity index (χ3v) is 4.89. The monoisotopic (exact) mass is 371 g/mol. The van der Waals surface area contributed by atoms with Crippen LogP contribution in [-0.2, 0) is 11.2 Å². The van der Waals surface area contributed by atoms with Crippen molar-refractivity contribution in [3.05, 3.63) is 53.6 Å². The van der Waals surface area contributed by atoms with Crippen molar-refractivity contribution >= 4 is 5.91 Å². The highest BCUT2D eigenvalue weighted by Gasteiger charge is 2.28. The molecular weight excluding hydrogens is 338 g/mol. The molecule has 3 unspecified atom stereocenters. The highest BCUT2D eigenvalue weighted by molar-refractivity contribution is 5.88. The van der Waals surface area contributed by atoms with Gasteiger partial charge in [0.1, 0.15) is 5.75 Å². The molecule has 0 saturated carbocycles. The number of nitrogens with one attached hydrogen (secondary N) is 1. The number of allylic oxidation sites excluding steroid dienone is 3. The number of unbranched alkanes of at least 4 members (excludes halogenated alkanes) is 3. The lowest BCUT2D eigenvalue weighted by Gasteiger charge is -2.30. The molecule has 148 valence electrons. The Morgan fingerprint density at radius 1 is 1.30 bits per heavy atom. The highest BCUT2D eigenvalue weighted by atomic mass is 16.6. The molecule has 2 N–H and O–H groups in total. The van der Waals surface area contributed by atoms with E-state index in [9.17, 15) is 9.90 Å². The average molecular weight is 372 g/mol. The maximum atomic E-state index is 12.2. The van der Waals surface area contributed by atoms with Gasteiger partial charge in [0.2, 0.25) is 12.2 Å². The summed E-state index contributed by atoms with van der Waals surface area (Å²) in [6, 6.07) is 7.13. The van der Waals surface area contributed by atoms with Crippen LogP contribution in [-0.4, -0.2) is 23.3 Å². The molecule has 1 heterocycles. The van der Waals surface area contributed by atoms with Crippen molar-refractivity contribution in [1.29, 1.82) is 0 Å². The fraction of sp³-hybridized carbons (Fsp3) is 0.522. The molecule has 3 atom stereocenters. The number of rotatable bonds is 9. The predicted molar refractivity (Wildman–Crippen MR) is 110 cm³/mol. The summed E-state index contributed by atoms with van der Waals surface area (Å²) < 4.78 is 5.48. The third-order valence-electron chi connectivity index (χ3n) is 4.89. The van der Waals surface area contributed by atoms with Gasteiger partial charge in [-0.1, -0.05) is 75.5 Å². The number of amides is 1. The van der Waals surface area contributed by atoms with E-state index in [2.05, 4.69) is 25.2 Å². The molecular formula is C23H33NO3. The predicted octanol–water partition coefficient (Wildman–Crippen LogP) is 4.53. The molecule has 4 heteroatoms. The van der Waals surface area contributed by atoms with Gasteiger partial charge in [0.05, 0.1) is 6.04 Å². The smallest absolute Gasteiger partial charge is 0.244 e. The maximum absolute atomic E-state index is 12.2. The van der Waals surface area contributed by atoms with E-state index in [1.165, 1.54) is 38.2 Å². The van der Waals surface area contributed by atoms with Gasteiger partial charge < -0.3 is 15.2 Å². The molecule has 0 aliphatic carbocycles. The second kappa shape index (κ2) is 10.9. The largest absolute Gasteiger partial charge is 0.463 e. The topological polar surface area (TPSA) is 58.6 Å². The number of aliphatic hydroxyl groups is 1. The van der Waals surface area contributed by atoms with Crippen molar-refractivity contribution in [2.24, 2.45) is 5.92 Å². The van der Waals surface area contributed by atoms with Gasteiger partial charge in [-0.3, -0.25) is 4.79 Å². The number of hydrogen-bond acceptors (Lipinski definition) is 3. The molecule has 0 aromatic heterocycles. The molecule has 0 saturated heterocycles. The van der Waals surface area contributed by atoms with E-state index in [1.807, 2.05) is 37.3 Å². The first-order chi connectivity index (χ1) is 13.0. The van der Waals surface area contributed by atoms with E-state index < -0.39 is 12.3 Å². The van der Waals surface area contributed by atoms with Crippen LogP contribution in [0.25, 0.3) is 0 Å². The van der Waals surface area contributed by atoms with Gasteiger partial charge in [-0.05, 0) is 30.9 Å². The summed E-state index contributed by atoms with van der Waals surface area (Å²) in [6.45, 7) is 6.46. The average Bonchev–Trinajstić information content (AvgIpc) is 2.64. The summed E-state index contributed by atoms with van der Waals surface area (Å²) in [6.07, 6.45) is 11.4. The zero-order valence-corrected chi connectivity index (χ0v) is 16.8. The van der Waals surface area contributed by atoms with Crippen molar-refractivity contribution in [3.8, 4) is 5.75 Å². The van der Waals surface area contributed by atoms with Gasteiger partial charge in [-0.25, -0.2) is 0 Å². The molecule has 1 aromatic rings. The number of fused-ring (bicyclic) bond motifs is 1. The van der Waals surface area contributed by atoms with Crippen molar-refractivity contribution in [3.63, 3.8) is 0 Å². The molecule has 1 aromatic carbocycles. The molecule has 0 spiro atoms. The Balaban J connectivity index is 1.81. The van der Waals surface area contributed by atoms with E-state index in [0.717, 1.165) is 11.1 Å². The molecule has 1 aliphatic rings. The molecule has 1 aliphatic heterocycles. The molecule has 27 heavy (non-hydrogen) atoms. The first-order valence-corrected chi connectivity index (χ1v) is 10.1. The number of carbonyl (C=O) groups excluding carboxylic acids is 1. The molecule has 1 amide bonds. The van der Waals surface area contributed by atoms with Gasteiger partial charge in [0.15, 0.2) is 0 Å².